The minimum absolute atomic E-state index is 0.534. The highest BCUT2D eigenvalue weighted by atomic mass is 35.5. The van der Waals surface area contributed by atoms with Crippen molar-refractivity contribution >= 4 is 17.3 Å². The van der Waals surface area contributed by atoms with E-state index in [2.05, 4.69) is 16.7 Å². The van der Waals surface area contributed by atoms with Crippen LogP contribution in [-0.4, -0.2) is 31.1 Å². The molecule has 0 bridgehead atoms. The van der Waals surface area contributed by atoms with Gasteiger partial charge in [-0.2, -0.15) is 13.2 Å². The van der Waals surface area contributed by atoms with Gasteiger partial charge in [0.2, 0.25) is 0 Å². The molecule has 0 aromatic heterocycles. The quantitative estimate of drug-likeness (QED) is 0.753. The van der Waals surface area contributed by atoms with Gasteiger partial charge < -0.3 is 4.90 Å². The van der Waals surface area contributed by atoms with Crippen LogP contribution in [0, 0.1) is 6.92 Å². The standard InChI is InChI=1S/C19H20ClF3N2/c1-14-5-6-17(20)12-18(14)25-9-7-24(8-10-25)13-15-3-2-4-16(11-15)19(21,22)23/h2-6,11-12H,7-10,13H2,1H3. The minimum Gasteiger partial charge on any atom is -0.369 e. The lowest BCUT2D eigenvalue weighted by Gasteiger charge is -2.37. The topological polar surface area (TPSA) is 6.48 Å². The van der Waals surface area contributed by atoms with E-state index in [1.54, 1.807) is 6.07 Å². The van der Waals surface area contributed by atoms with Crippen molar-refractivity contribution in [1.29, 1.82) is 0 Å². The van der Waals surface area contributed by atoms with Crippen LogP contribution in [0.1, 0.15) is 16.7 Å². The fourth-order valence-corrected chi connectivity index (χ4v) is 3.34. The normalized spacial score (nSPS) is 16.3. The third-order valence-electron chi connectivity index (χ3n) is 4.54. The van der Waals surface area contributed by atoms with Crippen LogP contribution in [0.3, 0.4) is 0 Å². The first kappa shape index (κ1) is 18.1. The van der Waals surface area contributed by atoms with E-state index in [0.29, 0.717) is 17.1 Å². The number of rotatable bonds is 3. The molecule has 1 heterocycles. The molecule has 0 unspecified atom stereocenters. The van der Waals surface area contributed by atoms with Crippen molar-refractivity contribution in [3.63, 3.8) is 0 Å². The van der Waals surface area contributed by atoms with Crippen LogP contribution in [0.2, 0.25) is 5.02 Å². The Morgan fingerprint density at radius 3 is 2.40 bits per heavy atom. The Labute approximate surface area is 150 Å². The smallest absolute Gasteiger partial charge is 0.369 e. The SMILES string of the molecule is Cc1ccc(Cl)cc1N1CCN(Cc2cccc(C(F)(F)F)c2)CC1. The molecule has 25 heavy (non-hydrogen) atoms. The Balaban J connectivity index is 1.62. The van der Waals surface area contributed by atoms with Crippen molar-refractivity contribution in [1.82, 2.24) is 4.90 Å². The summed E-state index contributed by atoms with van der Waals surface area (Å²) < 4.78 is 38.5. The lowest BCUT2D eigenvalue weighted by molar-refractivity contribution is -0.137. The molecule has 2 aromatic carbocycles. The molecule has 1 saturated heterocycles. The number of hydrogen-bond acceptors (Lipinski definition) is 2. The third-order valence-corrected chi connectivity index (χ3v) is 4.78. The number of anilines is 1. The second-order valence-corrected chi connectivity index (χ2v) is 6.83. The van der Waals surface area contributed by atoms with Crippen molar-refractivity contribution in [2.24, 2.45) is 0 Å². The van der Waals surface area contributed by atoms with Gasteiger partial charge in [-0.05, 0) is 36.2 Å². The summed E-state index contributed by atoms with van der Waals surface area (Å²) >= 11 is 6.09. The van der Waals surface area contributed by atoms with Gasteiger partial charge in [0.1, 0.15) is 0 Å². The van der Waals surface area contributed by atoms with Crippen molar-refractivity contribution in [2.75, 3.05) is 31.1 Å². The Hall–Kier alpha value is -1.72. The molecule has 0 radical (unpaired) electrons. The first-order valence-electron chi connectivity index (χ1n) is 8.22. The molecule has 1 aliphatic rings. The van der Waals surface area contributed by atoms with Crippen LogP contribution >= 0.6 is 11.6 Å². The number of halogens is 4. The number of hydrogen-bond donors (Lipinski definition) is 0. The summed E-state index contributed by atoms with van der Waals surface area (Å²) in [4.78, 5) is 4.47. The van der Waals surface area contributed by atoms with Crippen molar-refractivity contribution in [2.45, 2.75) is 19.6 Å². The molecule has 134 valence electrons. The molecule has 1 fully saturated rings. The van der Waals surface area contributed by atoms with Crippen molar-refractivity contribution in [3.8, 4) is 0 Å². The summed E-state index contributed by atoms with van der Waals surface area (Å²) in [6, 6.07) is 11.4. The lowest BCUT2D eigenvalue weighted by Crippen LogP contribution is -2.46. The molecule has 0 amide bonds. The van der Waals surface area contributed by atoms with Crippen LogP contribution in [0.15, 0.2) is 42.5 Å². The van der Waals surface area contributed by atoms with E-state index >= 15 is 0 Å². The highest BCUT2D eigenvalue weighted by Crippen LogP contribution is 2.30. The van der Waals surface area contributed by atoms with Gasteiger partial charge in [0, 0.05) is 43.4 Å². The molecule has 2 nitrogen and oxygen atoms in total. The Kier molecular flexibility index (Phi) is 5.25. The van der Waals surface area contributed by atoms with Crippen LogP contribution in [-0.2, 0) is 12.7 Å². The van der Waals surface area contributed by atoms with Crippen LogP contribution < -0.4 is 4.90 Å². The number of alkyl halides is 3. The van der Waals surface area contributed by atoms with Gasteiger partial charge in [0.05, 0.1) is 5.56 Å². The Morgan fingerprint density at radius 1 is 1.00 bits per heavy atom. The molecule has 1 aliphatic heterocycles. The Bertz CT molecular complexity index is 738. The van der Waals surface area contributed by atoms with Gasteiger partial charge in [0.15, 0.2) is 0 Å². The van der Waals surface area contributed by atoms with E-state index in [-0.39, 0.29) is 0 Å². The average Bonchev–Trinajstić information content (AvgIpc) is 2.57. The molecule has 0 saturated carbocycles. The molecule has 3 rings (SSSR count). The summed E-state index contributed by atoms with van der Waals surface area (Å²) in [5.74, 6) is 0. The third kappa shape index (κ3) is 4.47. The van der Waals surface area contributed by atoms with E-state index in [4.69, 9.17) is 11.6 Å². The molecule has 6 heteroatoms. The summed E-state index contributed by atoms with van der Waals surface area (Å²) in [6.07, 6.45) is -4.29. The highest BCUT2D eigenvalue weighted by molar-refractivity contribution is 6.30. The van der Waals surface area contributed by atoms with Gasteiger partial charge in [-0.15, -0.1) is 0 Å². The van der Waals surface area contributed by atoms with Gasteiger partial charge >= 0.3 is 6.18 Å². The summed E-state index contributed by atoms with van der Waals surface area (Å²) in [5, 5.41) is 0.715. The number of aryl methyl sites for hydroxylation is 1. The van der Waals surface area contributed by atoms with E-state index < -0.39 is 11.7 Å². The lowest BCUT2D eigenvalue weighted by atomic mass is 10.1. The predicted molar refractivity (Wildman–Crippen MR) is 95.1 cm³/mol. The number of benzene rings is 2. The molecular formula is C19H20ClF3N2. The largest absolute Gasteiger partial charge is 0.416 e. The summed E-state index contributed by atoms with van der Waals surface area (Å²) in [7, 11) is 0. The second-order valence-electron chi connectivity index (χ2n) is 6.39. The molecular weight excluding hydrogens is 349 g/mol. The molecule has 2 aromatic rings. The van der Waals surface area contributed by atoms with E-state index in [1.165, 1.54) is 17.7 Å². The minimum atomic E-state index is -4.29. The summed E-state index contributed by atoms with van der Waals surface area (Å²) in [6.45, 7) is 5.87. The molecule has 0 aliphatic carbocycles. The average molecular weight is 369 g/mol. The zero-order valence-electron chi connectivity index (χ0n) is 14.0. The molecule has 0 spiro atoms. The Morgan fingerprint density at radius 2 is 1.72 bits per heavy atom. The maximum Gasteiger partial charge on any atom is 0.416 e. The van der Waals surface area contributed by atoms with Gasteiger partial charge in [0.25, 0.3) is 0 Å². The molecule has 0 atom stereocenters. The zero-order valence-corrected chi connectivity index (χ0v) is 14.7. The van der Waals surface area contributed by atoms with E-state index in [1.807, 2.05) is 18.2 Å². The van der Waals surface area contributed by atoms with Crippen molar-refractivity contribution < 1.29 is 13.2 Å². The van der Waals surface area contributed by atoms with Crippen LogP contribution in [0.25, 0.3) is 0 Å². The van der Waals surface area contributed by atoms with Gasteiger partial charge in [-0.25, -0.2) is 0 Å². The maximum atomic E-state index is 12.8. The monoisotopic (exact) mass is 368 g/mol. The summed E-state index contributed by atoms with van der Waals surface area (Å²) in [5.41, 5.74) is 2.42. The fraction of sp³-hybridized carbons (Fsp3) is 0.368. The first-order valence-corrected chi connectivity index (χ1v) is 8.60. The number of nitrogens with zero attached hydrogens (tertiary/aromatic N) is 2. The van der Waals surface area contributed by atoms with Gasteiger partial charge in [-0.1, -0.05) is 35.9 Å². The second kappa shape index (κ2) is 7.26. The first-order chi connectivity index (χ1) is 11.8. The maximum absolute atomic E-state index is 12.8. The molecule has 0 N–H and O–H groups in total. The highest BCUT2D eigenvalue weighted by Gasteiger charge is 2.30. The van der Waals surface area contributed by atoms with E-state index in [9.17, 15) is 13.2 Å². The van der Waals surface area contributed by atoms with E-state index in [0.717, 1.165) is 37.9 Å². The van der Waals surface area contributed by atoms with Crippen LogP contribution in [0.4, 0.5) is 18.9 Å². The zero-order chi connectivity index (χ0) is 18.0. The predicted octanol–water partition coefficient (Wildman–Crippen LogP) is 4.99. The number of piperazine rings is 1. The van der Waals surface area contributed by atoms with Crippen LogP contribution in [0.5, 0.6) is 0 Å². The van der Waals surface area contributed by atoms with Gasteiger partial charge in [-0.3, -0.25) is 4.90 Å². The van der Waals surface area contributed by atoms with Crippen molar-refractivity contribution in [3.05, 3.63) is 64.2 Å². The fourth-order valence-electron chi connectivity index (χ4n) is 3.17.